The first-order valence-corrected chi connectivity index (χ1v) is 12.9. The lowest BCUT2D eigenvalue weighted by Crippen LogP contribution is -2.42. The maximum atomic E-state index is 14.4. The van der Waals surface area contributed by atoms with Crippen molar-refractivity contribution in [2.75, 3.05) is 18.6 Å². The van der Waals surface area contributed by atoms with E-state index in [9.17, 15) is 18.0 Å². The number of alkyl halides is 3. The number of nitrogens with one attached hydrogen (secondary N) is 1. The van der Waals surface area contributed by atoms with Crippen LogP contribution in [0, 0.1) is 0 Å². The molecule has 4 nitrogen and oxygen atoms in total. The molecule has 0 aliphatic carbocycles. The van der Waals surface area contributed by atoms with Gasteiger partial charge in [-0.15, -0.1) is 0 Å². The molecule has 0 fully saturated rings. The molecular formula is C25H21Cl2F3N2O2S. The molecule has 10 heteroatoms. The number of hydrogen-bond donors (Lipinski definition) is 1. The summed E-state index contributed by atoms with van der Waals surface area (Å²) in [7, 11) is 0. The number of amides is 1. The van der Waals surface area contributed by atoms with Crippen molar-refractivity contribution < 1.29 is 22.8 Å². The van der Waals surface area contributed by atoms with Crippen molar-refractivity contribution in [2.24, 2.45) is 5.16 Å². The van der Waals surface area contributed by atoms with Crippen LogP contribution in [-0.4, -0.2) is 36.3 Å². The molecule has 0 saturated carbocycles. The second-order valence-corrected chi connectivity index (χ2v) is 9.96. The number of oxime groups is 1. The van der Waals surface area contributed by atoms with Gasteiger partial charge in [-0.1, -0.05) is 58.7 Å². The molecule has 1 aliphatic rings. The fourth-order valence-electron chi connectivity index (χ4n) is 4.10. The lowest BCUT2D eigenvalue weighted by Gasteiger charge is -2.29. The van der Waals surface area contributed by atoms with Crippen LogP contribution in [0.5, 0.6) is 0 Å². The van der Waals surface area contributed by atoms with E-state index in [1.165, 1.54) is 18.2 Å². The highest BCUT2D eigenvalue weighted by atomic mass is 35.5. The lowest BCUT2D eigenvalue weighted by molar-refractivity contribution is -0.275. The van der Waals surface area contributed by atoms with Gasteiger partial charge in [0.25, 0.3) is 11.5 Å². The standard InChI is InChI=1S/C25H21Cl2F3N2O2S/c1-35-10-4-9-31-23(33)21-8-7-20(18-5-2-3-6-19(18)21)22-14-24(34-32-22,25(28,29)30)15-11-16(26)13-17(27)12-15/h2-3,5-8,11-13H,4,9-10,14H2,1H3,(H,31,33). The molecule has 1 unspecified atom stereocenters. The van der Waals surface area contributed by atoms with Crippen LogP contribution in [0.3, 0.4) is 0 Å². The van der Waals surface area contributed by atoms with Crippen LogP contribution in [0.2, 0.25) is 10.0 Å². The molecule has 0 bridgehead atoms. The molecule has 1 N–H and O–H groups in total. The summed E-state index contributed by atoms with van der Waals surface area (Å²) < 4.78 is 43.1. The summed E-state index contributed by atoms with van der Waals surface area (Å²) in [5.74, 6) is 0.690. The molecule has 0 spiro atoms. The van der Waals surface area contributed by atoms with Crippen LogP contribution in [-0.2, 0) is 10.4 Å². The average Bonchev–Trinajstić information content (AvgIpc) is 3.27. The fourth-order valence-corrected chi connectivity index (χ4v) is 5.06. The average molecular weight is 541 g/mol. The summed E-state index contributed by atoms with van der Waals surface area (Å²) in [6, 6.07) is 14.0. The molecule has 1 atom stereocenters. The second kappa shape index (κ2) is 10.3. The minimum Gasteiger partial charge on any atom is -0.374 e. The Balaban J connectivity index is 1.71. The van der Waals surface area contributed by atoms with Crippen LogP contribution in [0.15, 0.2) is 59.8 Å². The first kappa shape index (κ1) is 25.7. The highest BCUT2D eigenvalue weighted by Gasteiger charge is 2.62. The Kier molecular flexibility index (Phi) is 7.54. The van der Waals surface area contributed by atoms with Gasteiger partial charge in [-0.25, -0.2) is 0 Å². The van der Waals surface area contributed by atoms with Gasteiger partial charge in [-0.3, -0.25) is 4.79 Å². The smallest absolute Gasteiger partial charge is 0.374 e. The number of carbonyl (C=O) groups excluding carboxylic acids is 1. The molecule has 184 valence electrons. The zero-order valence-corrected chi connectivity index (χ0v) is 20.9. The van der Waals surface area contributed by atoms with E-state index in [4.69, 9.17) is 28.0 Å². The van der Waals surface area contributed by atoms with Crippen molar-refractivity contribution in [1.29, 1.82) is 0 Å². The largest absolute Gasteiger partial charge is 0.435 e. The highest BCUT2D eigenvalue weighted by molar-refractivity contribution is 7.98. The van der Waals surface area contributed by atoms with Gasteiger partial charge >= 0.3 is 6.18 Å². The molecule has 0 aromatic heterocycles. The van der Waals surface area contributed by atoms with Crippen molar-refractivity contribution in [3.05, 3.63) is 81.3 Å². The lowest BCUT2D eigenvalue weighted by atomic mass is 9.85. The normalized spacial score (nSPS) is 17.8. The number of hydrogen-bond acceptors (Lipinski definition) is 4. The molecule has 4 rings (SSSR count). The van der Waals surface area contributed by atoms with Crippen molar-refractivity contribution >= 4 is 57.4 Å². The van der Waals surface area contributed by atoms with Crippen LogP contribution in [0.1, 0.15) is 34.3 Å². The number of rotatable bonds is 7. The van der Waals surface area contributed by atoms with Crippen molar-refractivity contribution in [2.45, 2.75) is 24.6 Å². The van der Waals surface area contributed by atoms with Crippen molar-refractivity contribution in [1.82, 2.24) is 5.32 Å². The summed E-state index contributed by atoms with van der Waals surface area (Å²) in [5, 5.41) is 8.11. The number of thioether (sulfide) groups is 1. The minimum atomic E-state index is -4.79. The molecule has 1 amide bonds. The van der Waals surface area contributed by atoms with E-state index in [0.29, 0.717) is 28.4 Å². The van der Waals surface area contributed by atoms with Gasteiger partial charge < -0.3 is 10.2 Å². The number of halogens is 5. The topological polar surface area (TPSA) is 50.7 Å². The van der Waals surface area contributed by atoms with Gasteiger partial charge in [-0.2, -0.15) is 24.9 Å². The number of fused-ring (bicyclic) bond motifs is 1. The number of nitrogens with zero attached hydrogens (tertiary/aromatic N) is 1. The Bertz CT molecular complexity index is 1280. The molecule has 3 aromatic rings. The first-order chi connectivity index (χ1) is 16.7. The third-order valence-corrected chi connectivity index (χ3v) is 6.94. The number of carbonyl (C=O) groups is 1. The maximum Gasteiger partial charge on any atom is 0.435 e. The van der Waals surface area contributed by atoms with E-state index in [-0.39, 0.29) is 27.2 Å². The Morgan fingerprint density at radius 3 is 2.46 bits per heavy atom. The molecule has 0 saturated heterocycles. The first-order valence-electron chi connectivity index (χ1n) is 10.7. The summed E-state index contributed by atoms with van der Waals surface area (Å²) in [6.45, 7) is 0.534. The number of benzene rings is 3. The van der Waals surface area contributed by atoms with Gasteiger partial charge in [0.15, 0.2) is 0 Å². The summed E-state index contributed by atoms with van der Waals surface area (Å²) in [4.78, 5) is 17.9. The predicted octanol–water partition coefficient (Wildman–Crippen LogP) is 7.21. The molecule has 3 aromatic carbocycles. The Morgan fingerprint density at radius 2 is 1.80 bits per heavy atom. The summed E-state index contributed by atoms with van der Waals surface area (Å²) >= 11 is 13.7. The van der Waals surface area contributed by atoms with Gasteiger partial charge in [0.1, 0.15) is 0 Å². The Labute approximate surface area is 214 Å². The van der Waals surface area contributed by atoms with Crippen molar-refractivity contribution in [3.8, 4) is 0 Å². The van der Waals surface area contributed by atoms with Gasteiger partial charge in [0.05, 0.1) is 5.71 Å². The monoisotopic (exact) mass is 540 g/mol. The van der Waals surface area contributed by atoms with E-state index in [1.807, 2.05) is 6.26 Å². The van der Waals surface area contributed by atoms with Crippen molar-refractivity contribution in [3.63, 3.8) is 0 Å². The quantitative estimate of drug-likeness (QED) is 0.322. The predicted molar refractivity (Wildman–Crippen MR) is 136 cm³/mol. The summed E-state index contributed by atoms with van der Waals surface area (Å²) in [6.07, 6.45) is -2.53. The zero-order chi connectivity index (χ0) is 25.2. The molecular weight excluding hydrogens is 520 g/mol. The summed E-state index contributed by atoms with van der Waals surface area (Å²) in [5.41, 5.74) is -1.95. The minimum absolute atomic E-state index is 0.0616. The van der Waals surface area contributed by atoms with E-state index < -0.39 is 18.2 Å². The molecule has 1 heterocycles. The van der Waals surface area contributed by atoms with E-state index in [2.05, 4.69) is 10.5 Å². The highest BCUT2D eigenvalue weighted by Crippen LogP contribution is 2.50. The maximum absolute atomic E-state index is 14.4. The van der Waals surface area contributed by atoms with Crippen LogP contribution in [0.4, 0.5) is 13.2 Å². The second-order valence-electron chi connectivity index (χ2n) is 8.10. The fraction of sp³-hybridized carbons (Fsp3) is 0.280. The Morgan fingerprint density at radius 1 is 1.11 bits per heavy atom. The Hall–Kier alpha value is -2.42. The zero-order valence-electron chi connectivity index (χ0n) is 18.6. The molecule has 1 aliphatic heterocycles. The third kappa shape index (κ3) is 5.10. The van der Waals surface area contributed by atoms with Gasteiger partial charge in [0, 0.05) is 39.7 Å². The SMILES string of the molecule is CSCCCNC(=O)c1ccc(C2=NOC(c3cc(Cl)cc(Cl)c3)(C(F)(F)F)C2)c2ccccc12. The van der Waals surface area contributed by atoms with E-state index in [0.717, 1.165) is 12.2 Å². The third-order valence-electron chi connectivity index (χ3n) is 5.81. The van der Waals surface area contributed by atoms with Crippen LogP contribution >= 0.6 is 35.0 Å². The van der Waals surface area contributed by atoms with Crippen LogP contribution < -0.4 is 5.32 Å². The van der Waals surface area contributed by atoms with Gasteiger partial charge in [0.2, 0.25) is 0 Å². The van der Waals surface area contributed by atoms with E-state index >= 15 is 0 Å². The molecule has 0 radical (unpaired) electrons. The van der Waals surface area contributed by atoms with Gasteiger partial charge in [-0.05, 0) is 53.5 Å². The van der Waals surface area contributed by atoms with Crippen LogP contribution in [0.25, 0.3) is 10.8 Å². The van der Waals surface area contributed by atoms with E-state index in [1.54, 1.807) is 48.2 Å². The molecule has 35 heavy (non-hydrogen) atoms.